The first kappa shape index (κ1) is 9.59. The van der Waals surface area contributed by atoms with E-state index in [1.54, 1.807) is 0 Å². The fourth-order valence-corrected chi connectivity index (χ4v) is 1.72. The average Bonchev–Trinajstić information content (AvgIpc) is 2.83. The van der Waals surface area contributed by atoms with Crippen LogP contribution < -0.4 is 5.73 Å². The van der Waals surface area contributed by atoms with E-state index in [1.165, 1.54) is 6.42 Å². The maximum atomic E-state index is 5.70. The van der Waals surface area contributed by atoms with Crippen LogP contribution >= 0.6 is 0 Å². The highest BCUT2D eigenvalue weighted by Crippen LogP contribution is 2.45. The van der Waals surface area contributed by atoms with Gasteiger partial charge in [-0.05, 0) is 31.2 Å². The number of hydrogen-bond donors (Lipinski definition) is 1. The lowest BCUT2D eigenvalue weighted by molar-refractivity contribution is 0.726. The number of rotatable bonds is 3. The zero-order valence-corrected chi connectivity index (χ0v) is 8.77. The molecule has 3 unspecified atom stereocenters. The summed E-state index contributed by atoms with van der Waals surface area (Å²) in [4.78, 5) is 8.75. The molecule has 0 radical (unpaired) electrons. The number of nitrogens with zero attached hydrogens (tertiary/aromatic N) is 2. The summed E-state index contributed by atoms with van der Waals surface area (Å²) in [6.07, 6.45) is 5.93. The molecule has 1 aliphatic carbocycles. The third-order valence-corrected chi connectivity index (χ3v) is 2.72. The zero-order valence-electron chi connectivity index (χ0n) is 8.77. The Bertz CT molecular complexity index is 305. The molecule has 3 heteroatoms. The van der Waals surface area contributed by atoms with E-state index in [1.807, 2.05) is 19.3 Å². The van der Waals surface area contributed by atoms with E-state index in [-0.39, 0.29) is 6.04 Å². The van der Waals surface area contributed by atoms with Gasteiger partial charge in [0, 0.05) is 24.4 Å². The Balaban J connectivity index is 2.03. The standard InChI is InChI=1S/C11H17N3/c1-7-3-10(7)11-13-5-9(6-14-11)4-8(2)12/h5-8,10H,3-4,12H2,1-2H3. The summed E-state index contributed by atoms with van der Waals surface area (Å²) in [6, 6.07) is 0.185. The van der Waals surface area contributed by atoms with E-state index in [4.69, 9.17) is 5.73 Å². The van der Waals surface area contributed by atoms with Gasteiger partial charge in [-0.15, -0.1) is 0 Å². The summed E-state index contributed by atoms with van der Waals surface area (Å²) >= 11 is 0. The molecule has 0 bridgehead atoms. The van der Waals surface area contributed by atoms with Crippen molar-refractivity contribution in [3.05, 3.63) is 23.8 Å². The summed E-state index contributed by atoms with van der Waals surface area (Å²) < 4.78 is 0. The highest BCUT2D eigenvalue weighted by molar-refractivity contribution is 5.13. The second-order valence-electron chi connectivity index (χ2n) is 4.45. The van der Waals surface area contributed by atoms with Crippen molar-refractivity contribution in [2.75, 3.05) is 0 Å². The first-order valence-corrected chi connectivity index (χ1v) is 5.23. The topological polar surface area (TPSA) is 51.8 Å². The zero-order chi connectivity index (χ0) is 10.1. The van der Waals surface area contributed by atoms with Gasteiger partial charge >= 0.3 is 0 Å². The lowest BCUT2D eigenvalue weighted by Crippen LogP contribution is -2.18. The molecular weight excluding hydrogens is 174 g/mol. The normalized spacial score (nSPS) is 27.4. The number of aromatic nitrogens is 2. The Labute approximate surface area is 84.8 Å². The van der Waals surface area contributed by atoms with Crippen molar-refractivity contribution in [1.29, 1.82) is 0 Å². The molecule has 3 atom stereocenters. The van der Waals surface area contributed by atoms with Gasteiger partial charge in [0.05, 0.1) is 0 Å². The van der Waals surface area contributed by atoms with Crippen molar-refractivity contribution < 1.29 is 0 Å². The van der Waals surface area contributed by atoms with E-state index in [0.717, 1.165) is 23.7 Å². The smallest absolute Gasteiger partial charge is 0.131 e. The predicted molar refractivity (Wildman–Crippen MR) is 55.9 cm³/mol. The lowest BCUT2D eigenvalue weighted by atomic mass is 10.1. The van der Waals surface area contributed by atoms with Crippen molar-refractivity contribution in [2.45, 2.75) is 38.6 Å². The van der Waals surface area contributed by atoms with Crippen molar-refractivity contribution in [1.82, 2.24) is 9.97 Å². The van der Waals surface area contributed by atoms with Gasteiger partial charge in [0.2, 0.25) is 0 Å². The van der Waals surface area contributed by atoms with Crippen LogP contribution in [0.25, 0.3) is 0 Å². The molecule has 1 aromatic rings. The Kier molecular flexibility index (Phi) is 2.50. The Hall–Kier alpha value is -0.960. The summed E-state index contributed by atoms with van der Waals surface area (Å²) in [6.45, 7) is 4.24. The molecule has 2 N–H and O–H groups in total. The van der Waals surface area contributed by atoms with Gasteiger partial charge < -0.3 is 5.73 Å². The van der Waals surface area contributed by atoms with Crippen LogP contribution in [-0.2, 0) is 6.42 Å². The van der Waals surface area contributed by atoms with Gasteiger partial charge in [0.1, 0.15) is 5.82 Å². The average molecular weight is 191 g/mol. The van der Waals surface area contributed by atoms with E-state index < -0.39 is 0 Å². The largest absolute Gasteiger partial charge is 0.328 e. The summed E-state index contributed by atoms with van der Waals surface area (Å²) in [7, 11) is 0. The van der Waals surface area contributed by atoms with Gasteiger partial charge in [-0.2, -0.15) is 0 Å². The highest BCUT2D eigenvalue weighted by atomic mass is 14.9. The highest BCUT2D eigenvalue weighted by Gasteiger charge is 2.36. The van der Waals surface area contributed by atoms with Crippen molar-refractivity contribution in [2.24, 2.45) is 11.7 Å². The van der Waals surface area contributed by atoms with Crippen molar-refractivity contribution >= 4 is 0 Å². The minimum Gasteiger partial charge on any atom is -0.328 e. The van der Waals surface area contributed by atoms with E-state index in [2.05, 4.69) is 16.9 Å². The monoisotopic (exact) mass is 191 g/mol. The maximum Gasteiger partial charge on any atom is 0.131 e. The van der Waals surface area contributed by atoms with Crippen LogP contribution in [0.1, 0.15) is 37.6 Å². The molecular formula is C11H17N3. The molecule has 76 valence electrons. The second-order valence-corrected chi connectivity index (χ2v) is 4.45. The molecule has 1 fully saturated rings. The van der Waals surface area contributed by atoms with Gasteiger partial charge in [-0.1, -0.05) is 6.92 Å². The first-order chi connectivity index (χ1) is 6.66. The second kappa shape index (κ2) is 3.65. The SMILES string of the molecule is CC(N)Cc1cnc(C2CC2C)nc1. The van der Waals surface area contributed by atoms with Crippen LogP contribution in [0.15, 0.2) is 12.4 Å². The fraction of sp³-hybridized carbons (Fsp3) is 0.636. The molecule has 0 spiro atoms. The van der Waals surface area contributed by atoms with Gasteiger partial charge in [-0.3, -0.25) is 0 Å². The molecule has 1 saturated carbocycles. The predicted octanol–water partition coefficient (Wildman–Crippen LogP) is 1.49. The minimum absolute atomic E-state index is 0.185. The van der Waals surface area contributed by atoms with Crippen LogP contribution in [0, 0.1) is 5.92 Å². The molecule has 0 aromatic carbocycles. The molecule has 14 heavy (non-hydrogen) atoms. The summed E-state index contributed by atoms with van der Waals surface area (Å²) in [5, 5.41) is 0. The first-order valence-electron chi connectivity index (χ1n) is 5.23. The van der Waals surface area contributed by atoms with Crippen LogP contribution in [0.2, 0.25) is 0 Å². The van der Waals surface area contributed by atoms with Crippen LogP contribution in [0.3, 0.4) is 0 Å². The van der Waals surface area contributed by atoms with Gasteiger partial charge in [0.25, 0.3) is 0 Å². The van der Waals surface area contributed by atoms with E-state index in [9.17, 15) is 0 Å². The van der Waals surface area contributed by atoms with E-state index >= 15 is 0 Å². The molecule has 0 saturated heterocycles. The molecule has 0 aliphatic heterocycles. The Morgan fingerprint density at radius 2 is 2.07 bits per heavy atom. The van der Waals surface area contributed by atoms with Crippen LogP contribution in [-0.4, -0.2) is 16.0 Å². The van der Waals surface area contributed by atoms with E-state index in [0.29, 0.717) is 5.92 Å². The third kappa shape index (κ3) is 2.10. The lowest BCUT2D eigenvalue weighted by Gasteiger charge is -2.04. The molecule has 3 nitrogen and oxygen atoms in total. The molecule has 1 aliphatic rings. The Morgan fingerprint density at radius 1 is 1.50 bits per heavy atom. The van der Waals surface area contributed by atoms with Gasteiger partial charge in [-0.25, -0.2) is 9.97 Å². The quantitative estimate of drug-likeness (QED) is 0.787. The van der Waals surface area contributed by atoms with Crippen LogP contribution in [0.4, 0.5) is 0 Å². The minimum atomic E-state index is 0.185. The number of hydrogen-bond acceptors (Lipinski definition) is 3. The van der Waals surface area contributed by atoms with Crippen LogP contribution in [0.5, 0.6) is 0 Å². The maximum absolute atomic E-state index is 5.70. The number of nitrogens with two attached hydrogens (primary N) is 1. The van der Waals surface area contributed by atoms with Crippen molar-refractivity contribution in [3.8, 4) is 0 Å². The summed E-state index contributed by atoms with van der Waals surface area (Å²) in [5.74, 6) is 2.39. The summed E-state index contributed by atoms with van der Waals surface area (Å²) in [5.41, 5.74) is 6.84. The molecule has 1 aromatic heterocycles. The Morgan fingerprint density at radius 3 is 2.50 bits per heavy atom. The van der Waals surface area contributed by atoms with Gasteiger partial charge in [0.15, 0.2) is 0 Å². The molecule has 0 amide bonds. The fourth-order valence-electron chi connectivity index (χ4n) is 1.72. The third-order valence-electron chi connectivity index (χ3n) is 2.72. The molecule has 2 rings (SSSR count). The van der Waals surface area contributed by atoms with Crippen molar-refractivity contribution in [3.63, 3.8) is 0 Å². The molecule has 1 heterocycles.